The molecule has 88 valence electrons. The highest BCUT2D eigenvalue weighted by Gasteiger charge is 2.01. The van der Waals surface area contributed by atoms with Gasteiger partial charge in [-0.2, -0.15) is 0 Å². The quantitative estimate of drug-likeness (QED) is 0.910. The number of aromatic nitrogens is 2. The van der Waals surface area contributed by atoms with Crippen LogP contribution in [0.1, 0.15) is 11.1 Å². The van der Waals surface area contributed by atoms with Crippen LogP contribution in [-0.2, 0) is 6.54 Å². The summed E-state index contributed by atoms with van der Waals surface area (Å²) in [7, 11) is 0. The van der Waals surface area contributed by atoms with Gasteiger partial charge in [0, 0.05) is 18.9 Å². The average molecular weight is 252 g/mol. The Morgan fingerprint density at radius 1 is 1.29 bits per heavy atom. The monoisotopic (exact) mass is 251 g/mol. The number of aryl methyl sites for hydroxylation is 1. The molecule has 1 heterocycles. The fraction of sp³-hybridized carbons (Fsp3) is 0.167. The fourth-order valence-electron chi connectivity index (χ4n) is 1.31. The first kappa shape index (κ1) is 11.8. The molecule has 0 aliphatic heterocycles. The Labute approximate surface area is 104 Å². The van der Waals surface area contributed by atoms with Gasteiger partial charge in [-0.3, -0.25) is 0 Å². The lowest BCUT2D eigenvalue weighted by Gasteiger charge is -2.05. The predicted octanol–water partition coefficient (Wildman–Crippen LogP) is 3.19. The number of anilines is 1. The van der Waals surface area contributed by atoms with Crippen molar-refractivity contribution >= 4 is 17.5 Å². The minimum Gasteiger partial charge on any atom is -0.350 e. The van der Waals surface area contributed by atoms with Gasteiger partial charge in [-0.1, -0.05) is 17.7 Å². The molecular weight excluding hydrogens is 241 g/mol. The van der Waals surface area contributed by atoms with Crippen LogP contribution in [0.3, 0.4) is 0 Å². The Kier molecular flexibility index (Phi) is 3.54. The van der Waals surface area contributed by atoms with E-state index in [4.69, 9.17) is 11.6 Å². The summed E-state index contributed by atoms with van der Waals surface area (Å²) in [5, 5.41) is 3.15. The molecule has 1 aromatic carbocycles. The van der Waals surface area contributed by atoms with Gasteiger partial charge in [0.1, 0.15) is 5.82 Å². The average Bonchev–Trinajstić information content (AvgIpc) is 2.33. The second-order valence-corrected chi connectivity index (χ2v) is 4.09. The Balaban J connectivity index is 2.02. The number of halogens is 2. The van der Waals surface area contributed by atoms with Crippen LogP contribution >= 0.6 is 11.6 Å². The largest absolute Gasteiger partial charge is 0.350 e. The first-order valence-corrected chi connectivity index (χ1v) is 5.49. The maximum atomic E-state index is 12.9. The molecule has 2 rings (SSSR count). The second kappa shape index (κ2) is 5.10. The van der Waals surface area contributed by atoms with Crippen molar-refractivity contribution in [1.29, 1.82) is 0 Å². The zero-order valence-electron chi connectivity index (χ0n) is 9.24. The molecule has 0 fully saturated rings. The lowest BCUT2D eigenvalue weighted by Crippen LogP contribution is -2.03. The van der Waals surface area contributed by atoms with Crippen molar-refractivity contribution in [3.63, 3.8) is 0 Å². The third-order valence-electron chi connectivity index (χ3n) is 2.22. The maximum Gasteiger partial charge on any atom is 0.222 e. The topological polar surface area (TPSA) is 37.8 Å². The molecule has 0 saturated carbocycles. The zero-order valence-corrected chi connectivity index (χ0v) is 10.0. The third kappa shape index (κ3) is 3.14. The van der Waals surface area contributed by atoms with Crippen molar-refractivity contribution in [3.8, 4) is 0 Å². The number of rotatable bonds is 3. The van der Waals surface area contributed by atoms with Crippen molar-refractivity contribution in [2.75, 3.05) is 5.32 Å². The Morgan fingerprint density at radius 2 is 2.00 bits per heavy atom. The SMILES string of the molecule is Cc1cnc(NCc2ccc(F)c(Cl)c2)nc1. The molecule has 0 radical (unpaired) electrons. The second-order valence-electron chi connectivity index (χ2n) is 3.69. The highest BCUT2D eigenvalue weighted by molar-refractivity contribution is 6.30. The van der Waals surface area contributed by atoms with E-state index in [2.05, 4.69) is 15.3 Å². The first-order valence-electron chi connectivity index (χ1n) is 5.11. The Morgan fingerprint density at radius 3 is 2.65 bits per heavy atom. The van der Waals surface area contributed by atoms with E-state index in [1.54, 1.807) is 24.5 Å². The van der Waals surface area contributed by atoms with Gasteiger partial charge >= 0.3 is 0 Å². The summed E-state index contributed by atoms with van der Waals surface area (Å²) >= 11 is 5.68. The van der Waals surface area contributed by atoms with Gasteiger partial charge in [-0.05, 0) is 30.2 Å². The van der Waals surface area contributed by atoms with Gasteiger partial charge in [0.15, 0.2) is 0 Å². The number of nitrogens with one attached hydrogen (secondary N) is 1. The summed E-state index contributed by atoms with van der Waals surface area (Å²) in [6.45, 7) is 2.42. The lowest BCUT2D eigenvalue weighted by molar-refractivity contribution is 0.627. The number of hydrogen-bond donors (Lipinski definition) is 1. The fourth-order valence-corrected chi connectivity index (χ4v) is 1.52. The van der Waals surface area contributed by atoms with Gasteiger partial charge in [-0.15, -0.1) is 0 Å². The molecule has 0 saturated heterocycles. The van der Waals surface area contributed by atoms with E-state index in [0.717, 1.165) is 11.1 Å². The molecule has 3 nitrogen and oxygen atoms in total. The van der Waals surface area contributed by atoms with E-state index in [1.165, 1.54) is 6.07 Å². The van der Waals surface area contributed by atoms with Crippen molar-refractivity contribution < 1.29 is 4.39 Å². The van der Waals surface area contributed by atoms with Crippen LogP contribution in [-0.4, -0.2) is 9.97 Å². The molecule has 0 atom stereocenters. The first-order chi connectivity index (χ1) is 8.15. The molecular formula is C12H11ClFN3. The molecule has 1 aromatic heterocycles. The molecule has 0 bridgehead atoms. The van der Waals surface area contributed by atoms with Crippen LogP contribution < -0.4 is 5.32 Å². The van der Waals surface area contributed by atoms with Crippen LogP contribution in [0.5, 0.6) is 0 Å². The van der Waals surface area contributed by atoms with Crippen molar-refractivity contribution in [2.24, 2.45) is 0 Å². The molecule has 5 heteroatoms. The summed E-state index contributed by atoms with van der Waals surface area (Å²) in [6.07, 6.45) is 3.46. The van der Waals surface area contributed by atoms with E-state index in [9.17, 15) is 4.39 Å². The van der Waals surface area contributed by atoms with Crippen LogP contribution in [0.15, 0.2) is 30.6 Å². The van der Waals surface area contributed by atoms with E-state index in [-0.39, 0.29) is 5.02 Å². The standard InChI is InChI=1S/C12H11ClFN3/c1-8-5-15-12(16-6-8)17-7-9-2-3-11(14)10(13)4-9/h2-6H,7H2,1H3,(H,15,16,17). The Hall–Kier alpha value is -1.68. The number of nitrogens with zero attached hydrogens (tertiary/aromatic N) is 2. The lowest BCUT2D eigenvalue weighted by atomic mass is 10.2. The molecule has 0 spiro atoms. The summed E-state index contributed by atoms with van der Waals surface area (Å²) < 4.78 is 12.9. The summed E-state index contributed by atoms with van der Waals surface area (Å²) in [5.74, 6) is 0.123. The molecule has 0 aliphatic carbocycles. The summed E-state index contributed by atoms with van der Waals surface area (Å²) in [4.78, 5) is 8.21. The number of hydrogen-bond acceptors (Lipinski definition) is 3. The molecule has 2 aromatic rings. The molecule has 1 N–H and O–H groups in total. The third-order valence-corrected chi connectivity index (χ3v) is 2.51. The normalized spacial score (nSPS) is 10.3. The summed E-state index contributed by atoms with van der Waals surface area (Å²) in [6, 6.07) is 4.59. The van der Waals surface area contributed by atoms with Gasteiger partial charge in [0.25, 0.3) is 0 Å². The summed E-state index contributed by atoms with van der Waals surface area (Å²) in [5.41, 5.74) is 1.88. The Bertz CT molecular complexity index is 514. The van der Waals surface area contributed by atoms with E-state index < -0.39 is 5.82 Å². The van der Waals surface area contributed by atoms with Crippen molar-refractivity contribution in [3.05, 3.63) is 52.6 Å². The minimum atomic E-state index is -0.415. The molecule has 0 unspecified atom stereocenters. The predicted molar refractivity (Wildman–Crippen MR) is 65.5 cm³/mol. The highest BCUT2D eigenvalue weighted by atomic mass is 35.5. The van der Waals surface area contributed by atoms with E-state index >= 15 is 0 Å². The van der Waals surface area contributed by atoms with Crippen LogP contribution in [0, 0.1) is 12.7 Å². The molecule has 17 heavy (non-hydrogen) atoms. The van der Waals surface area contributed by atoms with Gasteiger partial charge < -0.3 is 5.32 Å². The van der Waals surface area contributed by atoms with Gasteiger partial charge in [-0.25, -0.2) is 14.4 Å². The van der Waals surface area contributed by atoms with Crippen molar-refractivity contribution in [1.82, 2.24) is 9.97 Å². The van der Waals surface area contributed by atoms with Crippen LogP contribution in [0.4, 0.5) is 10.3 Å². The molecule has 0 amide bonds. The van der Waals surface area contributed by atoms with E-state index in [1.807, 2.05) is 6.92 Å². The zero-order chi connectivity index (χ0) is 12.3. The van der Waals surface area contributed by atoms with Crippen LogP contribution in [0.2, 0.25) is 5.02 Å². The van der Waals surface area contributed by atoms with Crippen LogP contribution in [0.25, 0.3) is 0 Å². The molecule has 0 aliphatic rings. The minimum absolute atomic E-state index is 0.120. The number of benzene rings is 1. The van der Waals surface area contributed by atoms with Crippen molar-refractivity contribution in [2.45, 2.75) is 13.5 Å². The van der Waals surface area contributed by atoms with Gasteiger partial charge in [0.2, 0.25) is 5.95 Å². The highest BCUT2D eigenvalue weighted by Crippen LogP contribution is 2.16. The smallest absolute Gasteiger partial charge is 0.222 e. The maximum absolute atomic E-state index is 12.9. The van der Waals surface area contributed by atoms with E-state index in [0.29, 0.717) is 12.5 Å². The van der Waals surface area contributed by atoms with Gasteiger partial charge in [0.05, 0.1) is 5.02 Å².